The summed E-state index contributed by atoms with van der Waals surface area (Å²) in [6, 6.07) is 14.4. The first-order valence-electron chi connectivity index (χ1n) is 8.44. The van der Waals surface area contributed by atoms with Crippen LogP contribution < -0.4 is 15.4 Å². The molecule has 0 spiro atoms. The molecule has 0 fully saturated rings. The first-order chi connectivity index (χ1) is 13.0. The number of halogens is 1. The molecule has 0 saturated heterocycles. The molecule has 0 aliphatic carbocycles. The van der Waals surface area contributed by atoms with Crippen LogP contribution in [0.1, 0.15) is 23.0 Å². The number of nitrogens with zero attached hydrogens (tertiary/aromatic N) is 2. The monoisotopic (exact) mass is 382 g/mol. The number of carbonyl (C=O) groups excluding carboxylic acids is 1. The molecule has 0 aliphatic heterocycles. The van der Waals surface area contributed by atoms with Crippen molar-refractivity contribution in [3.8, 4) is 5.75 Å². The average molecular weight is 383 g/mol. The van der Waals surface area contributed by atoms with Crippen LogP contribution in [0.5, 0.6) is 5.75 Å². The van der Waals surface area contributed by atoms with E-state index in [0.29, 0.717) is 23.1 Å². The predicted molar refractivity (Wildman–Crippen MR) is 107 cm³/mol. The number of anilines is 3. The van der Waals surface area contributed by atoms with E-state index in [1.807, 2.05) is 38.1 Å². The van der Waals surface area contributed by atoms with Gasteiger partial charge in [0.1, 0.15) is 23.6 Å². The van der Waals surface area contributed by atoms with E-state index in [1.54, 1.807) is 24.3 Å². The van der Waals surface area contributed by atoms with Gasteiger partial charge in [-0.3, -0.25) is 4.79 Å². The van der Waals surface area contributed by atoms with Crippen LogP contribution in [-0.4, -0.2) is 22.5 Å². The van der Waals surface area contributed by atoms with Gasteiger partial charge in [0.2, 0.25) is 0 Å². The van der Waals surface area contributed by atoms with Crippen LogP contribution >= 0.6 is 11.6 Å². The van der Waals surface area contributed by atoms with E-state index < -0.39 is 0 Å². The fourth-order valence-corrected chi connectivity index (χ4v) is 2.68. The Morgan fingerprint density at radius 1 is 1.11 bits per heavy atom. The smallest absolute Gasteiger partial charge is 0.274 e. The average Bonchev–Trinajstić information content (AvgIpc) is 2.66. The predicted octanol–water partition coefficient (Wildman–Crippen LogP) is 4.83. The van der Waals surface area contributed by atoms with Gasteiger partial charge in [-0.15, -0.1) is 0 Å². The molecule has 7 heteroatoms. The molecule has 2 aromatic carbocycles. The molecule has 27 heavy (non-hydrogen) atoms. The second kappa shape index (κ2) is 8.51. The molecule has 6 nitrogen and oxygen atoms in total. The highest BCUT2D eigenvalue weighted by Gasteiger charge is 2.11. The third-order valence-electron chi connectivity index (χ3n) is 3.77. The number of aromatic nitrogens is 2. The minimum Gasteiger partial charge on any atom is -0.494 e. The maximum atomic E-state index is 12.5. The highest BCUT2D eigenvalue weighted by molar-refractivity contribution is 6.30. The van der Waals surface area contributed by atoms with Crippen LogP contribution in [0, 0.1) is 6.92 Å². The van der Waals surface area contributed by atoms with E-state index in [-0.39, 0.29) is 11.6 Å². The third kappa shape index (κ3) is 4.95. The number of rotatable bonds is 6. The van der Waals surface area contributed by atoms with Crippen molar-refractivity contribution in [2.45, 2.75) is 13.8 Å². The second-order valence-corrected chi connectivity index (χ2v) is 6.22. The number of carbonyl (C=O) groups is 1. The number of aryl methyl sites for hydroxylation is 1. The van der Waals surface area contributed by atoms with Crippen molar-refractivity contribution in [3.05, 3.63) is 71.1 Å². The highest BCUT2D eigenvalue weighted by Crippen LogP contribution is 2.21. The van der Waals surface area contributed by atoms with E-state index in [0.717, 1.165) is 17.0 Å². The summed E-state index contributed by atoms with van der Waals surface area (Å²) in [4.78, 5) is 20.7. The molecule has 3 rings (SSSR count). The zero-order valence-corrected chi connectivity index (χ0v) is 15.7. The standard InChI is InChI=1S/C20H19ClN4O2/c1-3-27-16-7-5-15(6-8-16)24-19-11-18(22-12-23-19)20(26)25-17-9-4-14(21)10-13(17)2/h4-12H,3H2,1-2H3,(H,25,26)(H,22,23,24). The van der Waals surface area contributed by atoms with E-state index in [2.05, 4.69) is 20.6 Å². The zero-order valence-electron chi connectivity index (χ0n) is 15.0. The molecule has 2 N–H and O–H groups in total. The lowest BCUT2D eigenvalue weighted by molar-refractivity contribution is 0.102. The number of amides is 1. The SMILES string of the molecule is CCOc1ccc(Nc2cc(C(=O)Nc3ccc(Cl)cc3C)ncn2)cc1. The summed E-state index contributed by atoms with van der Waals surface area (Å²) < 4.78 is 5.42. The summed E-state index contributed by atoms with van der Waals surface area (Å²) in [6.45, 7) is 4.43. The Balaban J connectivity index is 1.71. The Kier molecular flexibility index (Phi) is 5.88. The van der Waals surface area contributed by atoms with Gasteiger partial charge >= 0.3 is 0 Å². The van der Waals surface area contributed by atoms with Crippen LogP contribution in [0.25, 0.3) is 0 Å². The van der Waals surface area contributed by atoms with Gasteiger partial charge in [0.15, 0.2) is 0 Å². The van der Waals surface area contributed by atoms with Crippen LogP contribution in [0.3, 0.4) is 0 Å². The van der Waals surface area contributed by atoms with Crippen molar-refractivity contribution in [3.63, 3.8) is 0 Å². The Labute approximate surface area is 162 Å². The van der Waals surface area contributed by atoms with Crippen LogP contribution in [0.4, 0.5) is 17.2 Å². The fourth-order valence-electron chi connectivity index (χ4n) is 2.45. The van der Waals surface area contributed by atoms with Crippen LogP contribution in [0.2, 0.25) is 5.02 Å². The van der Waals surface area contributed by atoms with Crippen molar-refractivity contribution in [1.82, 2.24) is 9.97 Å². The van der Waals surface area contributed by atoms with E-state index >= 15 is 0 Å². The molecule has 0 unspecified atom stereocenters. The van der Waals surface area contributed by atoms with Crippen molar-refractivity contribution in [2.75, 3.05) is 17.2 Å². The summed E-state index contributed by atoms with van der Waals surface area (Å²) in [5, 5.41) is 6.60. The summed E-state index contributed by atoms with van der Waals surface area (Å²) in [7, 11) is 0. The van der Waals surface area contributed by atoms with Crippen molar-refractivity contribution in [2.24, 2.45) is 0 Å². The Morgan fingerprint density at radius 2 is 1.89 bits per heavy atom. The Hall–Kier alpha value is -3.12. The molecule has 1 amide bonds. The van der Waals surface area contributed by atoms with Crippen molar-refractivity contribution >= 4 is 34.7 Å². The molecule has 138 valence electrons. The molecule has 0 bridgehead atoms. The van der Waals surface area contributed by atoms with Crippen molar-refractivity contribution in [1.29, 1.82) is 0 Å². The van der Waals surface area contributed by atoms with Gasteiger partial charge in [0.05, 0.1) is 6.61 Å². The first kappa shape index (κ1) is 18.7. The Morgan fingerprint density at radius 3 is 2.59 bits per heavy atom. The van der Waals surface area contributed by atoms with Gasteiger partial charge in [-0.2, -0.15) is 0 Å². The lowest BCUT2D eigenvalue weighted by Gasteiger charge is -2.10. The van der Waals surface area contributed by atoms with Crippen molar-refractivity contribution < 1.29 is 9.53 Å². The summed E-state index contributed by atoms with van der Waals surface area (Å²) in [5.74, 6) is 0.994. The molecular formula is C20H19ClN4O2. The van der Waals surface area contributed by atoms with Gasteiger partial charge in [-0.05, 0) is 61.9 Å². The molecule has 0 radical (unpaired) electrons. The molecule has 0 aliphatic rings. The van der Waals surface area contributed by atoms with E-state index in [1.165, 1.54) is 6.33 Å². The molecule has 0 atom stereocenters. The zero-order chi connectivity index (χ0) is 19.2. The summed E-state index contributed by atoms with van der Waals surface area (Å²) in [6.07, 6.45) is 1.35. The largest absolute Gasteiger partial charge is 0.494 e. The summed E-state index contributed by atoms with van der Waals surface area (Å²) in [5.41, 5.74) is 2.64. The topological polar surface area (TPSA) is 76.1 Å². The molecule has 0 saturated carbocycles. The number of benzene rings is 2. The normalized spacial score (nSPS) is 10.3. The maximum Gasteiger partial charge on any atom is 0.274 e. The van der Waals surface area contributed by atoms with Crippen LogP contribution in [0.15, 0.2) is 54.9 Å². The number of hydrogen-bond acceptors (Lipinski definition) is 5. The molecular weight excluding hydrogens is 364 g/mol. The number of nitrogens with one attached hydrogen (secondary N) is 2. The lowest BCUT2D eigenvalue weighted by Crippen LogP contribution is -2.15. The summed E-state index contributed by atoms with van der Waals surface area (Å²) >= 11 is 5.95. The van der Waals surface area contributed by atoms with Gasteiger partial charge in [-0.25, -0.2) is 9.97 Å². The molecule has 1 aromatic heterocycles. The van der Waals surface area contributed by atoms with Gasteiger partial charge in [0.25, 0.3) is 5.91 Å². The van der Waals surface area contributed by atoms with Crippen LogP contribution in [-0.2, 0) is 0 Å². The highest BCUT2D eigenvalue weighted by atomic mass is 35.5. The van der Waals surface area contributed by atoms with E-state index in [9.17, 15) is 4.79 Å². The molecule has 3 aromatic rings. The van der Waals surface area contributed by atoms with Gasteiger partial charge < -0.3 is 15.4 Å². The minimum atomic E-state index is -0.322. The second-order valence-electron chi connectivity index (χ2n) is 5.78. The third-order valence-corrected chi connectivity index (χ3v) is 4.01. The quantitative estimate of drug-likeness (QED) is 0.638. The lowest BCUT2D eigenvalue weighted by atomic mass is 10.2. The Bertz CT molecular complexity index is 945. The number of ether oxygens (including phenoxy) is 1. The van der Waals surface area contributed by atoms with Gasteiger partial charge in [-0.1, -0.05) is 11.6 Å². The maximum absolute atomic E-state index is 12.5. The minimum absolute atomic E-state index is 0.257. The first-order valence-corrected chi connectivity index (χ1v) is 8.82. The molecule has 1 heterocycles. The van der Waals surface area contributed by atoms with E-state index in [4.69, 9.17) is 16.3 Å². The van der Waals surface area contributed by atoms with Gasteiger partial charge in [0, 0.05) is 22.5 Å². The fraction of sp³-hybridized carbons (Fsp3) is 0.150. The number of hydrogen-bond donors (Lipinski definition) is 2.